The van der Waals surface area contributed by atoms with Crippen molar-refractivity contribution in [1.82, 2.24) is 15.0 Å². The van der Waals surface area contributed by atoms with Gasteiger partial charge in [-0.3, -0.25) is 9.97 Å². The summed E-state index contributed by atoms with van der Waals surface area (Å²) >= 11 is 0. The molecule has 0 aliphatic rings. The van der Waals surface area contributed by atoms with Crippen LogP contribution in [0.25, 0.3) is 66.7 Å². The van der Waals surface area contributed by atoms with E-state index in [1.54, 1.807) is 24.8 Å². The van der Waals surface area contributed by atoms with Gasteiger partial charge in [-0.2, -0.15) is 0 Å². The van der Waals surface area contributed by atoms with Crippen LogP contribution in [0, 0.1) is 0 Å². The van der Waals surface area contributed by atoms with Gasteiger partial charge in [0.05, 0.1) is 16.6 Å². The molecule has 9 aromatic rings. The van der Waals surface area contributed by atoms with Crippen LogP contribution in [0.3, 0.4) is 0 Å². The Balaban J connectivity index is 1.25. The maximum Gasteiger partial charge on any atom is 0.171 e. The molecule has 0 aliphatic carbocycles. The second-order valence-electron chi connectivity index (χ2n) is 12.4. The zero-order valence-corrected chi connectivity index (χ0v) is 28.3. The fourth-order valence-electron chi connectivity index (χ4n) is 6.91. The summed E-state index contributed by atoms with van der Waals surface area (Å²) < 4.78 is 21.9. The highest BCUT2D eigenvalue weighted by molar-refractivity contribution is 7.85. The Bertz CT molecular complexity index is 2640. The summed E-state index contributed by atoms with van der Waals surface area (Å²) in [6.07, 6.45) is 7.17. The molecule has 0 saturated heterocycles. The van der Waals surface area contributed by atoms with Crippen molar-refractivity contribution in [2.24, 2.45) is 0 Å². The summed E-state index contributed by atoms with van der Waals surface area (Å²) in [7, 11) is -3.09. The fourth-order valence-corrected chi connectivity index (χ4v) is 9.56. The highest BCUT2D eigenvalue weighted by Gasteiger charge is 2.29. The molecule has 51 heavy (non-hydrogen) atoms. The molecule has 242 valence electrons. The SMILES string of the molecule is O=P(c1ccccc1)(c1ccccc1)c1ccc(-c2ccc3nc(-c4ccccc4)c4c(-c5ccncc5)c(-c5ccncc5)oc4c3c2)cc1. The van der Waals surface area contributed by atoms with Crippen molar-refractivity contribution < 1.29 is 8.98 Å². The predicted octanol–water partition coefficient (Wildman–Crippen LogP) is 10.1. The molecule has 6 heteroatoms. The minimum absolute atomic E-state index is 0.748. The van der Waals surface area contributed by atoms with Gasteiger partial charge in [0.25, 0.3) is 0 Å². The predicted molar refractivity (Wildman–Crippen MR) is 208 cm³/mol. The van der Waals surface area contributed by atoms with Gasteiger partial charge in [-0.25, -0.2) is 4.98 Å². The summed E-state index contributed by atoms with van der Waals surface area (Å²) in [5.74, 6) is 0.748. The van der Waals surface area contributed by atoms with Crippen molar-refractivity contribution >= 4 is 44.9 Å². The number of rotatable bonds is 7. The maximum absolute atomic E-state index is 15.0. The first-order chi connectivity index (χ1) is 25.2. The monoisotopic (exact) mass is 675 g/mol. The highest BCUT2D eigenvalue weighted by Crippen LogP contribution is 2.47. The van der Waals surface area contributed by atoms with Gasteiger partial charge in [-0.1, -0.05) is 121 Å². The van der Waals surface area contributed by atoms with Crippen molar-refractivity contribution in [1.29, 1.82) is 0 Å². The summed E-state index contributed by atoms with van der Waals surface area (Å²) in [4.78, 5) is 13.8. The van der Waals surface area contributed by atoms with E-state index in [2.05, 4.69) is 52.4 Å². The van der Waals surface area contributed by atoms with Crippen LogP contribution >= 0.6 is 7.14 Å². The molecule has 0 bridgehead atoms. The van der Waals surface area contributed by atoms with Gasteiger partial charge >= 0.3 is 0 Å². The average molecular weight is 676 g/mol. The lowest BCUT2D eigenvalue weighted by atomic mass is 9.95. The third-order valence-corrected chi connectivity index (χ3v) is 12.5. The van der Waals surface area contributed by atoms with Crippen molar-refractivity contribution in [3.8, 4) is 44.8 Å². The molecule has 4 heterocycles. The number of aromatic nitrogens is 3. The van der Waals surface area contributed by atoms with Crippen LogP contribution in [0.2, 0.25) is 0 Å². The third-order valence-electron chi connectivity index (χ3n) is 9.38. The lowest BCUT2D eigenvalue weighted by molar-refractivity contribution is 0.592. The molecule has 5 aromatic carbocycles. The van der Waals surface area contributed by atoms with Crippen LogP contribution in [0.4, 0.5) is 0 Å². The topological polar surface area (TPSA) is 68.9 Å². The quantitative estimate of drug-likeness (QED) is 0.157. The number of nitrogens with zero attached hydrogens (tertiary/aromatic N) is 3. The number of furan rings is 1. The molecule has 0 N–H and O–H groups in total. The number of hydrogen-bond acceptors (Lipinski definition) is 5. The number of fused-ring (bicyclic) bond motifs is 3. The van der Waals surface area contributed by atoms with E-state index in [-0.39, 0.29) is 0 Å². The lowest BCUT2D eigenvalue weighted by Gasteiger charge is -2.20. The Kier molecular flexibility index (Phi) is 7.68. The van der Waals surface area contributed by atoms with Gasteiger partial charge < -0.3 is 8.98 Å². The van der Waals surface area contributed by atoms with Crippen LogP contribution in [0.1, 0.15) is 0 Å². The summed E-state index contributed by atoms with van der Waals surface area (Å²) in [5.41, 5.74) is 8.32. The van der Waals surface area contributed by atoms with E-state index in [1.807, 2.05) is 115 Å². The van der Waals surface area contributed by atoms with Gasteiger partial charge in [0.1, 0.15) is 11.3 Å². The number of hydrogen-bond donors (Lipinski definition) is 0. The molecular formula is C45H30N3O2P. The van der Waals surface area contributed by atoms with Crippen molar-refractivity contribution in [3.05, 3.63) is 183 Å². The molecule has 0 aliphatic heterocycles. The van der Waals surface area contributed by atoms with Crippen molar-refractivity contribution in [3.63, 3.8) is 0 Å². The molecular weight excluding hydrogens is 645 g/mol. The number of pyridine rings is 3. The van der Waals surface area contributed by atoms with Crippen LogP contribution in [0.15, 0.2) is 187 Å². The Hall–Kier alpha value is -6.42. The molecule has 0 atom stereocenters. The fraction of sp³-hybridized carbons (Fsp3) is 0. The second-order valence-corrected chi connectivity index (χ2v) is 15.1. The Morgan fingerprint density at radius 3 is 1.61 bits per heavy atom. The average Bonchev–Trinajstić information content (AvgIpc) is 3.63. The first-order valence-electron chi connectivity index (χ1n) is 16.8. The van der Waals surface area contributed by atoms with E-state index in [9.17, 15) is 4.57 Å². The Morgan fingerprint density at radius 2 is 1.00 bits per heavy atom. The van der Waals surface area contributed by atoms with Gasteiger partial charge in [-0.15, -0.1) is 0 Å². The zero-order valence-electron chi connectivity index (χ0n) is 27.4. The minimum Gasteiger partial charge on any atom is -0.455 e. The van der Waals surface area contributed by atoms with E-state index >= 15 is 0 Å². The summed E-state index contributed by atoms with van der Waals surface area (Å²) in [6.45, 7) is 0. The Labute approximate surface area is 295 Å². The normalized spacial score (nSPS) is 11.6. The van der Waals surface area contributed by atoms with Crippen LogP contribution < -0.4 is 15.9 Å². The molecule has 0 amide bonds. The lowest BCUT2D eigenvalue weighted by Crippen LogP contribution is -2.24. The molecule has 9 rings (SSSR count). The molecule has 0 radical (unpaired) electrons. The molecule has 5 nitrogen and oxygen atoms in total. The standard InChI is InChI=1S/C45H30N3O2P/c49-51(36-12-6-2-7-13-36,37-14-8-3-9-15-37)38-19-16-31(17-20-38)35-18-21-40-39(30-35)45-42(43(48-40)33-10-4-1-5-11-33)41(32-22-26-46-27-23-32)44(50-45)34-24-28-47-29-25-34/h1-30H. The zero-order chi connectivity index (χ0) is 34.2. The van der Waals surface area contributed by atoms with Crippen molar-refractivity contribution in [2.75, 3.05) is 0 Å². The molecule has 4 aromatic heterocycles. The van der Waals surface area contributed by atoms with Crippen molar-refractivity contribution in [2.45, 2.75) is 0 Å². The van der Waals surface area contributed by atoms with Gasteiger partial charge in [0, 0.05) is 62.8 Å². The number of benzene rings is 5. The molecule has 0 unspecified atom stereocenters. The van der Waals surface area contributed by atoms with Crippen LogP contribution in [-0.4, -0.2) is 15.0 Å². The van der Waals surface area contributed by atoms with Gasteiger partial charge in [0.15, 0.2) is 7.14 Å². The van der Waals surface area contributed by atoms with Crippen LogP contribution in [0.5, 0.6) is 0 Å². The maximum atomic E-state index is 15.0. The third kappa shape index (κ3) is 5.36. The first-order valence-corrected chi connectivity index (χ1v) is 18.5. The Morgan fingerprint density at radius 1 is 0.471 bits per heavy atom. The minimum atomic E-state index is -3.09. The molecule has 0 fully saturated rings. The van der Waals surface area contributed by atoms with E-state index in [4.69, 9.17) is 9.40 Å². The smallest absolute Gasteiger partial charge is 0.171 e. The summed E-state index contributed by atoms with van der Waals surface area (Å²) in [6, 6.07) is 52.1. The second kappa shape index (κ2) is 12.8. The van der Waals surface area contributed by atoms with E-state index < -0.39 is 7.14 Å². The summed E-state index contributed by atoms with van der Waals surface area (Å²) in [5, 5.41) is 4.25. The first kappa shape index (κ1) is 30.6. The van der Waals surface area contributed by atoms with E-state index in [0.29, 0.717) is 0 Å². The van der Waals surface area contributed by atoms with E-state index in [0.717, 1.165) is 82.6 Å². The van der Waals surface area contributed by atoms with E-state index in [1.165, 1.54) is 0 Å². The van der Waals surface area contributed by atoms with Gasteiger partial charge in [-0.05, 0) is 53.1 Å². The van der Waals surface area contributed by atoms with Crippen LogP contribution in [-0.2, 0) is 4.57 Å². The molecule has 0 saturated carbocycles. The largest absolute Gasteiger partial charge is 0.455 e. The molecule has 0 spiro atoms. The highest BCUT2D eigenvalue weighted by atomic mass is 31.2. The van der Waals surface area contributed by atoms with Gasteiger partial charge in [0.2, 0.25) is 0 Å².